The number of carbonyl (C=O) groups is 1. The van der Waals surface area contributed by atoms with Crippen LogP contribution in [0, 0.1) is 6.92 Å². The summed E-state index contributed by atoms with van der Waals surface area (Å²) < 4.78 is 5.71. The van der Waals surface area contributed by atoms with E-state index < -0.39 is 5.54 Å². The molecule has 0 bridgehead atoms. The molecule has 0 atom stereocenters. The summed E-state index contributed by atoms with van der Waals surface area (Å²) in [6, 6.07) is 3.47. The molecule has 3 rings (SSSR count). The Morgan fingerprint density at radius 2 is 2.14 bits per heavy atom. The zero-order chi connectivity index (χ0) is 14.9. The minimum Gasteiger partial charge on any atom is -0.340 e. The van der Waals surface area contributed by atoms with Gasteiger partial charge in [-0.15, -0.1) is 11.3 Å². The third-order valence-electron chi connectivity index (χ3n) is 3.81. The highest BCUT2D eigenvalue weighted by molar-refractivity contribution is 7.18. The van der Waals surface area contributed by atoms with Crippen LogP contribution in [0.1, 0.15) is 53.5 Å². The standard InChI is InChI=1S/C14H16ClN3O2S/c1-9-16-13(18-20-9)14(7-3-2-4-8-14)17-12(19)10-5-6-11(15)21-10/h5-6H,2-4,7-8H2,1H3,(H,17,19). The van der Waals surface area contributed by atoms with Crippen LogP contribution in [0.4, 0.5) is 0 Å². The monoisotopic (exact) mass is 325 g/mol. The number of thiophene rings is 1. The first-order chi connectivity index (χ1) is 10.1. The van der Waals surface area contributed by atoms with Gasteiger partial charge in [0, 0.05) is 6.92 Å². The predicted molar refractivity (Wildman–Crippen MR) is 80.6 cm³/mol. The van der Waals surface area contributed by atoms with E-state index >= 15 is 0 Å². The third-order valence-corrected chi connectivity index (χ3v) is 5.04. The molecule has 0 radical (unpaired) electrons. The van der Waals surface area contributed by atoms with E-state index in [0.717, 1.165) is 25.7 Å². The van der Waals surface area contributed by atoms with Crippen LogP contribution < -0.4 is 5.32 Å². The zero-order valence-corrected chi connectivity index (χ0v) is 13.3. The maximum Gasteiger partial charge on any atom is 0.262 e. The summed E-state index contributed by atoms with van der Waals surface area (Å²) in [6.45, 7) is 1.76. The Morgan fingerprint density at radius 3 is 2.71 bits per heavy atom. The van der Waals surface area contributed by atoms with Gasteiger partial charge in [0.15, 0.2) is 5.82 Å². The highest BCUT2D eigenvalue weighted by atomic mass is 35.5. The Hall–Kier alpha value is -1.40. The lowest BCUT2D eigenvalue weighted by atomic mass is 9.81. The number of nitrogens with one attached hydrogen (secondary N) is 1. The molecule has 7 heteroatoms. The van der Waals surface area contributed by atoms with Crippen LogP contribution in [-0.4, -0.2) is 16.0 Å². The largest absolute Gasteiger partial charge is 0.340 e. The summed E-state index contributed by atoms with van der Waals surface area (Å²) >= 11 is 7.17. The molecule has 0 unspecified atom stereocenters. The van der Waals surface area contributed by atoms with Crippen molar-refractivity contribution in [1.82, 2.24) is 15.5 Å². The summed E-state index contributed by atoms with van der Waals surface area (Å²) in [5, 5.41) is 7.16. The summed E-state index contributed by atoms with van der Waals surface area (Å²) in [5.41, 5.74) is -0.524. The van der Waals surface area contributed by atoms with Gasteiger partial charge in [0.2, 0.25) is 5.89 Å². The van der Waals surface area contributed by atoms with Crippen LogP contribution in [0.5, 0.6) is 0 Å². The van der Waals surface area contributed by atoms with Crippen molar-refractivity contribution in [2.24, 2.45) is 0 Å². The minimum atomic E-state index is -0.524. The molecular weight excluding hydrogens is 310 g/mol. The van der Waals surface area contributed by atoms with E-state index in [1.54, 1.807) is 19.1 Å². The maximum atomic E-state index is 12.5. The van der Waals surface area contributed by atoms with Crippen molar-refractivity contribution < 1.29 is 9.32 Å². The van der Waals surface area contributed by atoms with E-state index in [1.807, 2.05) is 0 Å². The second-order valence-corrected chi connectivity index (χ2v) is 7.05. The van der Waals surface area contributed by atoms with Crippen molar-refractivity contribution in [3.63, 3.8) is 0 Å². The molecule has 2 heterocycles. The number of aromatic nitrogens is 2. The van der Waals surface area contributed by atoms with Gasteiger partial charge in [-0.1, -0.05) is 36.0 Å². The normalized spacial score (nSPS) is 17.6. The topological polar surface area (TPSA) is 68.0 Å². The quantitative estimate of drug-likeness (QED) is 0.934. The van der Waals surface area contributed by atoms with Crippen LogP contribution in [0.25, 0.3) is 0 Å². The SMILES string of the molecule is Cc1nc(C2(NC(=O)c3ccc(Cl)s3)CCCCC2)no1. The molecule has 5 nitrogen and oxygen atoms in total. The molecule has 0 saturated heterocycles. The molecular formula is C14H16ClN3O2S. The van der Waals surface area contributed by atoms with E-state index in [4.69, 9.17) is 16.1 Å². The Kier molecular flexibility index (Phi) is 3.99. The van der Waals surface area contributed by atoms with E-state index in [0.29, 0.717) is 20.9 Å². The number of hydrogen-bond acceptors (Lipinski definition) is 5. The molecule has 1 amide bonds. The van der Waals surface area contributed by atoms with Gasteiger partial charge in [-0.05, 0) is 25.0 Å². The van der Waals surface area contributed by atoms with Gasteiger partial charge < -0.3 is 9.84 Å². The Balaban J connectivity index is 1.87. The van der Waals surface area contributed by atoms with Crippen molar-refractivity contribution >= 4 is 28.8 Å². The lowest BCUT2D eigenvalue weighted by Crippen LogP contribution is -2.47. The van der Waals surface area contributed by atoms with Crippen molar-refractivity contribution in [3.8, 4) is 0 Å². The van der Waals surface area contributed by atoms with Gasteiger partial charge in [0.05, 0.1) is 9.21 Å². The number of amides is 1. The van der Waals surface area contributed by atoms with Crippen molar-refractivity contribution in [3.05, 3.63) is 33.1 Å². The Bertz CT molecular complexity index is 646. The van der Waals surface area contributed by atoms with E-state index in [9.17, 15) is 4.79 Å². The first-order valence-corrected chi connectivity index (χ1v) is 8.17. The van der Waals surface area contributed by atoms with Crippen LogP contribution in [0.3, 0.4) is 0 Å². The molecule has 0 aliphatic heterocycles. The first kappa shape index (κ1) is 14.5. The van der Waals surface area contributed by atoms with E-state index in [-0.39, 0.29) is 5.91 Å². The highest BCUT2D eigenvalue weighted by Crippen LogP contribution is 2.36. The number of halogens is 1. The summed E-state index contributed by atoms with van der Waals surface area (Å²) in [7, 11) is 0. The number of rotatable bonds is 3. The summed E-state index contributed by atoms with van der Waals surface area (Å²) in [6.07, 6.45) is 4.91. The molecule has 1 aliphatic carbocycles. The van der Waals surface area contributed by atoms with Gasteiger partial charge in [-0.2, -0.15) is 4.98 Å². The lowest BCUT2D eigenvalue weighted by Gasteiger charge is -2.35. The number of aryl methyl sites for hydroxylation is 1. The fourth-order valence-corrected chi connectivity index (χ4v) is 3.71. The predicted octanol–water partition coefficient (Wildman–Crippen LogP) is 3.68. The second kappa shape index (κ2) is 5.77. The van der Waals surface area contributed by atoms with Crippen molar-refractivity contribution in [2.45, 2.75) is 44.6 Å². The number of nitrogens with zero attached hydrogens (tertiary/aromatic N) is 2. The zero-order valence-electron chi connectivity index (χ0n) is 11.7. The van der Waals surface area contributed by atoms with Gasteiger partial charge in [0.1, 0.15) is 5.54 Å². The van der Waals surface area contributed by atoms with Crippen LogP contribution >= 0.6 is 22.9 Å². The molecule has 1 fully saturated rings. The molecule has 21 heavy (non-hydrogen) atoms. The average Bonchev–Trinajstić information content (AvgIpc) is 3.09. The molecule has 0 aromatic carbocycles. The highest BCUT2D eigenvalue weighted by Gasteiger charge is 2.40. The van der Waals surface area contributed by atoms with Crippen LogP contribution in [0.15, 0.2) is 16.7 Å². The summed E-state index contributed by atoms with van der Waals surface area (Å²) in [5.74, 6) is 0.968. The maximum absolute atomic E-state index is 12.5. The van der Waals surface area contributed by atoms with Crippen LogP contribution in [0.2, 0.25) is 4.34 Å². The fraction of sp³-hybridized carbons (Fsp3) is 0.500. The Labute approximate surface area is 131 Å². The molecule has 2 aromatic heterocycles. The Morgan fingerprint density at radius 1 is 1.38 bits per heavy atom. The van der Waals surface area contributed by atoms with Gasteiger partial charge in [0.25, 0.3) is 5.91 Å². The average molecular weight is 326 g/mol. The smallest absolute Gasteiger partial charge is 0.262 e. The third kappa shape index (κ3) is 2.96. The fourth-order valence-electron chi connectivity index (χ4n) is 2.77. The minimum absolute atomic E-state index is 0.128. The van der Waals surface area contributed by atoms with Crippen molar-refractivity contribution in [2.75, 3.05) is 0 Å². The van der Waals surface area contributed by atoms with Gasteiger partial charge in [-0.3, -0.25) is 4.79 Å². The number of carbonyl (C=O) groups excluding carboxylic acids is 1. The van der Waals surface area contributed by atoms with E-state index in [1.165, 1.54) is 17.8 Å². The van der Waals surface area contributed by atoms with Gasteiger partial charge >= 0.3 is 0 Å². The molecule has 1 saturated carbocycles. The van der Waals surface area contributed by atoms with Crippen LogP contribution in [-0.2, 0) is 5.54 Å². The van der Waals surface area contributed by atoms with Crippen molar-refractivity contribution in [1.29, 1.82) is 0 Å². The molecule has 1 aliphatic rings. The first-order valence-electron chi connectivity index (χ1n) is 6.98. The molecule has 0 spiro atoms. The summed E-state index contributed by atoms with van der Waals surface area (Å²) in [4.78, 5) is 17.4. The second-order valence-electron chi connectivity index (χ2n) is 5.34. The lowest BCUT2D eigenvalue weighted by molar-refractivity contribution is 0.0859. The molecule has 112 valence electrons. The number of hydrogen-bond donors (Lipinski definition) is 1. The van der Waals surface area contributed by atoms with Gasteiger partial charge in [-0.25, -0.2) is 0 Å². The molecule has 1 N–H and O–H groups in total. The molecule has 2 aromatic rings. The van der Waals surface area contributed by atoms with E-state index in [2.05, 4.69) is 15.5 Å².